The van der Waals surface area contributed by atoms with Gasteiger partial charge in [-0.15, -0.1) is 0 Å². The standard InChI is InChI=1S/C11H12FNO3/c1-11(6-16-10(14)13-11)9-7(12)4-3-5-8(9)15-2/h3-5H,6H2,1-2H3,(H,13,14). The second-order valence-electron chi connectivity index (χ2n) is 3.85. The Morgan fingerprint density at radius 1 is 1.56 bits per heavy atom. The quantitative estimate of drug-likeness (QED) is 0.834. The summed E-state index contributed by atoms with van der Waals surface area (Å²) in [6.07, 6.45) is -0.548. The molecule has 1 aromatic rings. The van der Waals surface area contributed by atoms with Gasteiger partial charge in [0.15, 0.2) is 0 Å². The zero-order valence-electron chi connectivity index (χ0n) is 9.04. The number of rotatable bonds is 2. The number of hydrogen-bond acceptors (Lipinski definition) is 3. The predicted molar refractivity (Wildman–Crippen MR) is 54.8 cm³/mol. The van der Waals surface area contributed by atoms with Crippen LogP contribution in [0.15, 0.2) is 18.2 Å². The molecule has 5 heteroatoms. The molecule has 1 aliphatic heterocycles. The average molecular weight is 225 g/mol. The van der Waals surface area contributed by atoms with Gasteiger partial charge in [-0.2, -0.15) is 0 Å². The molecule has 2 rings (SSSR count). The lowest BCUT2D eigenvalue weighted by Gasteiger charge is -2.24. The summed E-state index contributed by atoms with van der Waals surface area (Å²) in [6, 6.07) is 4.53. The number of alkyl carbamates (subject to hydrolysis) is 1. The molecule has 16 heavy (non-hydrogen) atoms. The van der Waals surface area contributed by atoms with Crippen LogP contribution in [-0.4, -0.2) is 19.8 Å². The van der Waals surface area contributed by atoms with Gasteiger partial charge in [0, 0.05) is 0 Å². The van der Waals surface area contributed by atoms with Crippen LogP contribution in [0.5, 0.6) is 5.75 Å². The van der Waals surface area contributed by atoms with E-state index in [-0.39, 0.29) is 6.61 Å². The first-order valence-electron chi connectivity index (χ1n) is 4.85. The average Bonchev–Trinajstić information content (AvgIpc) is 2.59. The Kier molecular flexibility index (Phi) is 2.46. The van der Waals surface area contributed by atoms with Crippen molar-refractivity contribution in [3.05, 3.63) is 29.6 Å². The fraction of sp³-hybridized carbons (Fsp3) is 0.364. The van der Waals surface area contributed by atoms with Crippen LogP contribution in [0.25, 0.3) is 0 Å². The summed E-state index contributed by atoms with van der Waals surface area (Å²) < 4.78 is 23.7. The SMILES string of the molecule is COc1cccc(F)c1C1(C)COC(=O)N1. The van der Waals surface area contributed by atoms with Gasteiger partial charge < -0.3 is 14.8 Å². The van der Waals surface area contributed by atoms with Crippen LogP contribution in [0.2, 0.25) is 0 Å². The fourth-order valence-electron chi connectivity index (χ4n) is 1.85. The Hall–Kier alpha value is -1.78. The van der Waals surface area contributed by atoms with E-state index in [0.29, 0.717) is 11.3 Å². The molecular weight excluding hydrogens is 213 g/mol. The van der Waals surface area contributed by atoms with Gasteiger partial charge in [-0.05, 0) is 19.1 Å². The second-order valence-corrected chi connectivity index (χ2v) is 3.85. The van der Waals surface area contributed by atoms with E-state index in [4.69, 9.17) is 9.47 Å². The third-order valence-electron chi connectivity index (χ3n) is 2.62. The highest BCUT2D eigenvalue weighted by Gasteiger charge is 2.40. The summed E-state index contributed by atoms with van der Waals surface area (Å²) in [5, 5.41) is 2.58. The van der Waals surface area contributed by atoms with Gasteiger partial charge in [0.25, 0.3) is 0 Å². The number of carbonyl (C=O) groups excluding carboxylic acids is 1. The van der Waals surface area contributed by atoms with E-state index in [1.807, 2.05) is 0 Å². The number of ether oxygens (including phenoxy) is 2. The van der Waals surface area contributed by atoms with Crippen LogP contribution in [0.1, 0.15) is 12.5 Å². The number of amides is 1. The van der Waals surface area contributed by atoms with E-state index in [9.17, 15) is 9.18 Å². The van der Waals surface area contributed by atoms with Crippen molar-refractivity contribution < 1.29 is 18.7 Å². The van der Waals surface area contributed by atoms with Gasteiger partial charge in [0.05, 0.1) is 12.7 Å². The molecule has 0 spiro atoms. The number of hydrogen-bond donors (Lipinski definition) is 1. The van der Waals surface area contributed by atoms with E-state index in [1.165, 1.54) is 13.2 Å². The molecule has 1 heterocycles. The molecule has 1 aliphatic rings. The van der Waals surface area contributed by atoms with Crippen molar-refractivity contribution >= 4 is 6.09 Å². The first-order valence-corrected chi connectivity index (χ1v) is 4.85. The molecule has 86 valence electrons. The summed E-state index contributed by atoms with van der Waals surface area (Å²) in [6.45, 7) is 1.78. The molecule has 0 aromatic heterocycles. The smallest absolute Gasteiger partial charge is 0.408 e. The van der Waals surface area contributed by atoms with Crippen molar-refractivity contribution in [1.82, 2.24) is 5.32 Å². The maximum atomic E-state index is 13.8. The number of cyclic esters (lactones) is 1. The summed E-state index contributed by atoms with van der Waals surface area (Å²) in [4.78, 5) is 11.0. The molecule has 1 amide bonds. The lowest BCUT2D eigenvalue weighted by molar-refractivity contribution is 0.172. The minimum absolute atomic E-state index is 0.0864. The third kappa shape index (κ3) is 1.58. The Bertz CT molecular complexity index is 435. The molecule has 1 N–H and O–H groups in total. The zero-order chi connectivity index (χ0) is 11.8. The van der Waals surface area contributed by atoms with E-state index in [2.05, 4.69) is 5.32 Å². The Morgan fingerprint density at radius 3 is 2.88 bits per heavy atom. The van der Waals surface area contributed by atoms with Gasteiger partial charge in [-0.1, -0.05) is 6.07 Å². The molecular formula is C11H12FNO3. The number of halogens is 1. The van der Waals surface area contributed by atoms with Crippen molar-refractivity contribution in [1.29, 1.82) is 0 Å². The first-order chi connectivity index (χ1) is 7.57. The third-order valence-corrected chi connectivity index (χ3v) is 2.62. The van der Waals surface area contributed by atoms with Gasteiger partial charge in [-0.25, -0.2) is 9.18 Å². The molecule has 1 saturated heterocycles. The molecule has 4 nitrogen and oxygen atoms in total. The number of benzene rings is 1. The Labute approximate surface area is 92.4 Å². The fourth-order valence-corrected chi connectivity index (χ4v) is 1.85. The van der Waals surface area contributed by atoms with Crippen LogP contribution in [0, 0.1) is 5.82 Å². The van der Waals surface area contributed by atoms with Crippen molar-refractivity contribution in [2.24, 2.45) is 0 Å². The maximum absolute atomic E-state index is 13.8. The largest absolute Gasteiger partial charge is 0.496 e. The Morgan fingerprint density at radius 2 is 2.31 bits per heavy atom. The van der Waals surface area contributed by atoms with E-state index < -0.39 is 17.4 Å². The Balaban J connectivity index is 2.50. The van der Waals surface area contributed by atoms with Crippen molar-refractivity contribution in [2.45, 2.75) is 12.5 Å². The van der Waals surface area contributed by atoms with E-state index >= 15 is 0 Å². The van der Waals surface area contributed by atoms with Gasteiger partial charge in [0.2, 0.25) is 0 Å². The van der Waals surface area contributed by atoms with Gasteiger partial charge in [0.1, 0.15) is 23.7 Å². The van der Waals surface area contributed by atoms with E-state index in [1.54, 1.807) is 19.1 Å². The minimum Gasteiger partial charge on any atom is -0.496 e. The summed E-state index contributed by atoms with van der Waals surface area (Å²) in [5.74, 6) is -0.0269. The normalized spacial score (nSPS) is 23.8. The monoisotopic (exact) mass is 225 g/mol. The van der Waals surface area contributed by atoms with Crippen LogP contribution in [0.3, 0.4) is 0 Å². The molecule has 0 saturated carbocycles. The van der Waals surface area contributed by atoms with Crippen LogP contribution < -0.4 is 10.1 Å². The van der Waals surface area contributed by atoms with Crippen molar-refractivity contribution in [3.63, 3.8) is 0 Å². The van der Waals surface area contributed by atoms with Crippen molar-refractivity contribution in [3.8, 4) is 5.75 Å². The highest BCUT2D eigenvalue weighted by Crippen LogP contribution is 2.34. The van der Waals surface area contributed by atoms with Crippen LogP contribution in [-0.2, 0) is 10.3 Å². The van der Waals surface area contributed by atoms with Gasteiger partial charge >= 0.3 is 6.09 Å². The predicted octanol–water partition coefficient (Wildman–Crippen LogP) is 1.79. The highest BCUT2D eigenvalue weighted by atomic mass is 19.1. The molecule has 1 aromatic carbocycles. The van der Waals surface area contributed by atoms with Crippen LogP contribution >= 0.6 is 0 Å². The summed E-state index contributed by atoms with van der Waals surface area (Å²) in [7, 11) is 1.46. The molecule has 0 aliphatic carbocycles. The summed E-state index contributed by atoms with van der Waals surface area (Å²) >= 11 is 0. The molecule has 0 bridgehead atoms. The lowest BCUT2D eigenvalue weighted by Crippen LogP contribution is -2.38. The van der Waals surface area contributed by atoms with Crippen molar-refractivity contribution in [2.75, 3.05) is 13.7 Å². The number of nitrogens with one attached hydrogen (secondary N) is 1. The number of carbonyl (C=O) groups is 1. The molecule has 1 fully saturated rings. The minimum atomic E-state index is -0.881. The number of methoxy groups -OCH3 is 1. The summed E-state index contributed by atoms with van der Waals surface area (Å²) in [5.41, 5.74) is -0.573. The maximum Gasteiger partial charge on any atom is 0.408 e. The molecule has 1 unspecified atom stereocenters. The molecule has 0 radical (unpaired) electrons. The topological polar surface area (TPSA) is 47.6 Å². The highest BCUT2D eigenvalue weighted by molar-refractivity contribution is 5.71. The zero-order valence-corrected chi connectivity index (χ0v) is 9.04. The second kappa shape index (κ2) is 3.66. The first kappa shape index (κ1) is 10.7. The lowest BCUT2D eigenvalue weighted by atomic mass is 9.92. The molecule has 1 atom stereocenters. The van der Waals surface area contributed by atoms with E-state index in [0.717, 1.165) is 0 Å². The van der Waals surface area contributed by atoms with Crippen LogP contribution in [0.4, 0.5) is 9.18 Å². The van der Waals surface area contributed by atoms with Gasteiger partial charge in [-0.3, -0.25) is 0 Å².